The standard InChI is InChI=1S/C16H23ClO2/c1-3-5-7-13(4-2)11-19-12-16(18)14-8-6-9-15(17)10-14/h6,8-10,13H,3-5,7,11-12H2,1-2H3. The minimum Gasteiger partial charge on any atom is -0.373 e. The molecule has 0 N–H and O–H groups in total. The van der Waals surface area contributed by atoms with Crippen molar-refractivity contribution < 1.29 is 9.53 Å². The molecule has 0 radical (unpaired) electrons. The van der Waals surface area contributed by atoms with Gasteiger partial charge in [-0.05, 0) is 24.5 Å². The molecular weight excluding hydrogens is 260 g/mol. The van der Waals surface area contributed by atoms with Crippen LogP contribution in [0.25, 0.3) is 0 Å². The van der Waals surface area contributed by atoms with Crippen LogP contribution in [0.1, 0.15) is 49.9 Å². The number of halogens is 1. The zero-order valence-corrected chi connectivity index (χ0v) is 12.6. The van der Waals surface area contributed by atoms with Crippen LogP contribution in [0.5, 0.6) is 0 Å². The zero-order valence-electron chi connectivity index (χ0n) is 11.8. The third kappa shape index (κ3) is 6.22. The van der Waals surface area contributed by atoms with E-state index < -0.39 is 0 Å². The Balaban J connectivity index is 2.34. The summed E-state index contributed by atoms with van der Waals surface area (Å²) in [5.74, 6) is 0.556. The average Bonchev–Trinajstić information content (AvgIpc) is 2.42. The van der Waals surface area contributed by atoms with Gasteiger partial charge in [0.25, 0.3) is 0 Å². The van der Waals surface area contributed by atoms with E-state index in [1.54, 1.807) is 24.3 Å². The second-order valence-corrected chi connectivity index (χ2v) is 5.30. The fourth-order valence-corrected chi connectivity index (χ4v) is 2.15. The molecule has 0 aliphatic rings. The molecule has 106 valence electrons. The van der Waals surface area contributed by atoms with Crippen LogP contribution >= 0.6 is 11.6 Å². The molecular formula is C16H23ClO2. The Kier molecular flexibility index (Phi) is 7.76. The second-order valence-electron chi connectivity index (χ2n) is 4.87. The molecule has 0 bridgehead atoms. The molecule has 0 aromatic heterocycles. The molecule has 0 fully saturated rings. The number of Topliss-reactive ketones (excluding diaryl/α,β-unsaturated/α-hetero) is 1. The molecule has 3 heteroatoms. The van der Waals surface area contributed by atoms with Crippen LogP contribution in [0.2, 0.25) is 5.02 Å². The van der Waals surface area contributed by atoms with Crippen molar-refractivity contribution in [3.63, 3.8) is 0 Å². The first-order valence-electron chi connectivity index (χ1n) is 7.03. The summed E-state index contributed by atoms with van der Waals surface area (Å²) in [6.07, 6.45) is 4.71. The van der Waals surface area contributed by atoms with Crippen LogP contribution in [0.3, 0.4) is 0 Å². The number of rotatable bonds is 9. The molecule has 0 heterocycles. The lowest BCUT2D eigenvalue weighted by atomic mass is 10.0. The molecule has 1 rings (SSSR count). The van der Waals surface area contributed by atoms with Gasteiger partial charge in [0.1, 0.15) is 6.61 Å². The first kappa shape index (κ1) is 16.2. The Morgan fingerprint density at radius 2 is 2.16 bits per heavy atom. The van der Waals surface area contributed by atoms with Crippen molar-refractivity contribution in [2.24, 2.45) is 5.92 Å². The monoisotopic (exact) mass is 282 g/mol. The van der Waals surface area contributed by atoms with Gasteiger partial charge in [-0.3, -0.25) is 4.79 Å². The van der Waals surface area contributed by atoms with Gasteiger partial charge in [-0.1, -0.05) is 56.8 Å². The van der Waals surface area contributed by atoms with Gasteiger partial charge in [0.05, 0.1) is 0 Å². The fraction of sp³-hybridized carbons (Fsp3) is 0.562. The summed E-state index contributed by atoms with van der Waals surface area (Å²) < 4.78 is 5.55. The summed E-state index contributed by atoms with van der Waals surface area (Å²) in [4.78, 5) is 11.9. The molecule has 0 aliphatic heterocycles. The summed E-state index contributed by atoms with van der Waals surface area (Å²) in [6, 6.07) is 7.00. The van der Waals surface area contributed by atoms with Gasteiger partial charge in [0, 0.05) is 17.2 Å². The van der Waals surface area contributed by atoms with E-state index in [2.05, 4.69) is 13.8 Å². The summed E-state index contributed by atoms with van der Waals surface area (Å²) in [7, 11) is 0. The number of ketones is 1. The van der Waals surface area contributed by atoms with Crippen LogP contribution < -0.4 is 0 Å². The maximum absolute atomic E-state index is 11.9. The van der Waals surface area contributed by atoms with E-state index in [4.69, 9.17) is 16.3 Å². The largest absolute Gasteiger partial charge is 0.373 e. The molecule has 19 heavy (non-hydrogen) atoms. The average molecular weight is 283 g/mol. The number of ether oxygens (including phenoxy) is 1. The van der Waals surface area contributed by atoms with E-state index in [1.807, 2.05) is 0 Å². The predicted octanol–water partition coefficient (Wildman–Crippen LogP) is 4.76. The Morgan fingerprint density at radius 3 is 2.79 bits per heavy atom. The smallest absolute Gasteiger partial charge is 0.188 e. The summed E-state index contributed by atoms with van der Waals surface area (Å²) in [6.45, 7) is 5.17. The first-order valence-corrected chi connectivity index (χ1v) is 7.41. The molecule has 2 nitrogen and oxygen atoms in total. The lowest BCUT2D eigenvalue weighted by Crippen LogP contribution is -2.15. The van der Waals surface area contributed by atoms with Gasteiger partial charge in [-0.15, -0.1) is 0 Å². The highest BCUT2D eigenvalue weighted by Gasteiger charge is 2.09. The third-order valence-corrected chi connectivity index (χ3v) is 3.51. The van der Waals surface area contributed by atoms with Crippen molar-refractivity contribution in [3.05, 3.63) is 34.9 Å². The van der Waals surface area contributed by atoms with Crippen LogP contribution in [-0.2, 0) is 4.74 Å². The number of unbranched alkanes of at least 4 members (excludes halogenated alkanes) is 1. The normalized spacial score (nSPS) is 12.4. The van der Waals surface area contributed by atoms with Crippen LogP contribution in [-0.4, -0.2) is 19.0 Å². The van der Waals surface area contributed by atoms with E-state index in [-0.39, 0.29) is 12.4 Å². The lowest BCUT2D eigenvalue weighted by Gasteiger charge is -2.14. The zero-order chi connectivity index (χ0) is 14.1. The van der Waals surface area contributed by atoms with Gasteiger partial charge in [-0.2, -0.15) is 0 Å². The molecule has 0 aliphatic carbocycles. The topological polar surface area (TPSA) is 26.3 Å². The molecule has 0 spiro atoms. The predicted molar refractivity (Wildman–Crippen MR) is 79.9 cm³/mol. The SMILES string of the molecule is CCCCC(CC)COCC(=O)c1cccc(Cl)c1. The van der Waals surface area contributed by atoms with Crippen molar-refractivity contribution in [1.82, 2.24) is 0 Å². The molecule has 1 atom stereocenters. The van der Waals surface area contributed by atoms with Gasteiger partial charge < -0.3 is 4.74 Å². The van der Waals surface area contributed by atoms with E-state index >= 15 is 0 Å². The van der Waals surface area contributed by atoms with Crippen LogP contribution in [0.15, 0.2) is 24.3 Å². The van der Waals surface area contributed by atoms with Crippen LogP contribution in [0, 0.1) is 5.92 Å². The Morgan fingerprint density at radius 1 is 1.37 bits per heavy atom. The highest BCUT2D eigenvalue weighted by atomic mass is 35.5. The summed E-state index contributed by atoms with van der Waals surface area (Å²) >= 11 is 5.86. The van der Waals surface area contributed by atoms with Crippen molar-refractivity contribution in [2.75, 3.05) is 13.2 Å². The van der Waals surface area contributed by atoms with E-state index in [9.17, 15) is 4.79 Å². The number of hydrogen-bond donors (Lipinski definition) is 0. The van der Waals surface area contributed by atoms with Gasteiger partial charge >= 0.3 is 0 Å². The number of benzene rings is 1. The number of hydrogen-bond acceptors (Lipinski definition) is 2. The third-order valence-electron chi connectivity index (χ3n) is 3.28. The van der Waals surface area contributed by atoms with E-state index in [0.717, 1.165) is 6.42 Å². The highest BCUT2D eigenvalue weighted by Crippen LogP contribution is 2.14. The Labute approximate surface area is 121 Å². The molecule has 0 saturated heterocycles. The molecule has 1 aromatic rings. The Hall–Kier alpha value is -0.860. The second kappa shape index (κ2) is 9.11. The number of carbonyl (C=O) groups excluding carboxylic acids is 1. The highest BCUT2D eigenvalue weighted by molar-refractivity contribution is 6.31. The quantitative estimate of drug-likeness (QED) is 0.611. The summed E-state index contributed by atoms with van der Waals surface area (Å²) in [5.41, 5.74) is 0.620. The summed E-state index contributed by atoms with van der Waals surface area (Å²) in [5, 5.41) is 0.584. The maximum atomic E-state index is 11.9. The molecule has 0 saturated carbocycles. The molecule has 1 unspecified atom stereocenters. The van der Waals surface area contributed by atoms with Crippen molar-refractivity contribution in [3.8, 4) is 0 Å². The Bertz CT molecular complexity index is 390. The van der Waals surface area contributed by atoms with Crippen molar-refractivity contribution in [2.45, 2.75) is 39.5 Å². The van der Waals surface area contributed by atoms with Crippen molar-refractivity contribution >= 4 is 17.4 Å². The van der Waals surface area contributed by atoms with Gasteiger partial charge in [0.15, 0.2) is 5.78 Å². The fourth-order valence-electron chi connectivity index (χ4n) is 1.96. The van der Waals surface area contributed by atoms with Gasteiger partial charge in [0.2, 0.25) is 0 Å². The minimum absolute atomic E-state index is 0.00663. The van der Waals surface area contributed by atoms with Gasteiger partial charge in [-0.25, -0.2) is 0 Å². The maximum Gasteiger partial charge on any atom is 0.188 e. The van der Waals surface area contributed by atoms with Crippen molar-refractivity contribution in [1.29, 1.82) is 0 Å². The van der Waals surface area contributed by atoms with E-state index in [1.165, 1.54) is 19.3 Å². The number of carbonyl (C=O) groups is 1. The molecule has 0 amide bonds. The molecule has 1 aromatic carbocycles. The van der Waals surface area contributed by atoms with Crippen LogP contribution in [0.4, 0.5) is 0 Å². The first-order chi connectivity index (χ1) is 9.17. The minimum atomic E-state index is -0.00663. The van der Waals surface area contributed by atoms with E-state index in [0.29, 0.717) is 23.1 Å². The lowest BCUT2D eigenvalue weighted by molar-refractivity contribution is 0.0658.